The summed E-state index contributed by atoms with van der Waals surface area (Å²) in [5.41, 5.74) is 5.50. The minimum absolute atomic E-state index is 0.875. The molecule has 0 aromatic rings. The first kappa shape index (κ1) is 6.09. The van der Waals surface area contributed by atoms with E-state index < -0.39 is 0 Å². The van der Waals surface area contributed by atoms with Crippen LogP contribution in [0.4, 0.5) is 0 Å². The molecule has 1 fully saturated rings. The van der Waals surface area contributed by atoms with E-state index in [2.05, 4.69) is 6.92 Å². The van der Waals surface area contributed by atoms with Gasteiger partial charge < -0.3 is 5.73 Å². The van der Waals surface area contributed by atoms with E-state index in [-0.39, 0.29) is 0 Å². The summed E-state index contributed by atoms with van der Waals surface area (Å²) in [4.78, 5) is 0. The standard InChI is InChI=1S/C7H15N/c1-2-6-3-4-7(6)5-8/h6-7H,2-5,8H2,1H3/t6?,7-/m1/s1. The fraction of sp³-hybridized carbons (Fsp3) is 1.00. The summed E-state index contributed by atoms with van der Waals surface area (Å²) in [6.45, 7) is 3.17. The van der Waals surface area contributed by atoms with Crippen LogP contribution in [0.15, 0.2) is 0 Å². The van der Waals surface area contributed by atoms with Crippen molar-refractivity contribution < 1.29 is 0 Å². The Morgan fingerprint density at radius 2 is 2.00 bits per heavy atom. The molecule has 0 aliphatic heterocycles. The predicted molar refractivity (Wildman–Crippen MR) is 35.6 cm³/mol. The van der Waals surface area contributed by atoms with Crippen LogP contribution in [0, 0.1) is 11.8 Å². The Morgan fingerprint density at radius 3 is 2.12 bits per heavy atom. The van der Waals surface area contributed by atoms with E-state index in [1.807, 2.05) is 0 Å². The monoisotopic (exact) mass is 113 g/mol. The maximum atomic E-state index is 5.50. The predicted octanol–water partition coefficient (Wildman–Crippen LogP) is 1.38. The molecule has 1 heteroatoms. The third-order valence-electron chi connectivity index (χ3n) is 2.40. The molecule has 1 saturated carbocycles. The third kappa shape index (κ3) is 0.873. The number of hydrogen-bond acceptors (Lipinski definition) is 1. The molecule has 0 radical (unpaired) electrons. The zero-order chi connectivity index (χ0) is 5.98. The van der Waals surface area contributed by atoms with Gasteiger partial charge >= 0.3 is 0 Å². The summed E-state index contributed by atoms with van der Waals surface area (Å²) in [5.74, 6) is 1.85. The minimum Gasteiger partial charge on any atom is -0.330 e. The second kappa shape index (κ2) is 2.49. The van der Waals surface area contributed by atoms with Crippen molar-refractivity contribution in [2.24, 2.45) is 17.6 Å². The van der Waals surface area contributed by atoms with Crippen molar-refractivity contribution in [3.63, 3.8) is 0 Å². The average Bonchev–Trinajstić information content (AvgIpc) is 1.66. The molecule has 0 aromatic carbocycles. The van der Waals surface area contributed by atoms with Gasteiger partial charge in [-0.15, -0.1) is 0 Å². The van der Waals surface area contributed by atoms with Crippen LogP contribution in [-0.4, -0.2) is 6.54 Å². The van der Waals surface area contributed by atoms with Gasteiger partial charge in [0.05, 0.1) is 0 Å². The van der Waals surface area contributed by atoms with Crippen molar-refractivity contribution in [3.05, 3.63) is 0 Å². The molecule has 2 atom stereocenters. The summed E-state index contributed by atoms with van der Waals surface area (Å²) in [7, 11) is 0. The van der Waals surface area contributed by atoms with E-state index in [0.29, 0.717) is 0 Å². The quantitative estimate of drug-likeness (QED) is 0.575. The van der Waals surface area contributed by atoms with Gasteiger partial charge in [-0.3, -0.25) is 0 Å². The molecule has 1 unspecified atom stereocenters. The first-order valence-corrected chi connectivity index (χ1v) is 3.58. The molecule has 0 spiro atoms. The van der Waals surface area contributed by atoms with Crippen LogP contribution in [0.1, 0.15) is 26.2 Å². The van der Waals surface area contributed by atoms with Crippen LogP contribution in [0.25, 0.3) is 0 Å². The topological polar surface area (TPSA) is 26.0 Å². The molecule has 8 heavy (non-hydrogen) atoms. The normalized spacial score (nSPS) is 36.8. The maximum absolute atomic E-state index is 5.50. The van der Waals surface area contributed by atoms with Gasteiger partial charge in [-0.05, 0) is 31.2 Å². The third-order valence-corrected chi connectivity index (χ3v) is 2.40. The van der Waals surface area contributed by atoms with E-state index in [4.69, 9.17) is 5.73 Å². The van der Waals surface area contributed by atoms with Crippen molar-refractivity contribution in [1.82, 2.24) is 0 Å². The largest absolute Gasteiger partial charge is 0.330 e. The minimum atomic E-state index is 0.875. The Labute approximate surface area is 51.3 Å². The number of hydrogen-bond donors (Lipinski definition) is 1. The van der Waals surface area contributed by atoms with Gasteiger partial charge in [0.15, 0.2) is 0 Å². The second-order valence-electron chi connectivity index (χ2n) is 2.74. The Morgan fingerprint density at radius 1 is 1.38 bits per heavy atom. The highest BCUT2D eigenvalue weighted by molar-refractivity contribution is 4.79. The van der Waals surface area contributed by atoms with E-state index in [9.17, 15) is 0 Å². The van der Waals surface area contributed by atoms with Gasteiger partial charge in [-0.25, -0.2) is 0 Å². The van der Waals surface area contributed by atoms with Crippen LogP contribution < -0.4 is 5.73 Å². The van der Waals surface area contributed by atoms with Gasteiger partial charge in [-0.2, -0.15) is 0 Å². The van der Waals surface area contributed by atoms with Gasteiger partial charge in [0.25, 0.3) is 0 Å². The second-order valence-corrected chi connectivity index (χ2v) is 2.74. The first-order valence-electron chi connectivity index (χ1n) is 3.58. The molecule has 1 aliphatic rings. The molecule has 2 N–H and O–H groups in total. The lowest BCUT2D eigenvalue weighted by Crippen LogP contribution is -2.31. The fourth-order valence-corrected chi connectivity index (χ4v) is 1.49. The van der Waals surface area contributed by atoms with Crippen molar-refractivity contribution in [1.29, 1.82) is 0 Å². The maximum Gasteiger partial charge on any atom is -0.00462 e. The zero-order valence-electron chi connectivity index (χ0n) is 5.56. The molecular weight excluding hydrogens is 98.1 g/mol. The molecule has 0 amide bonds. The highest BCUT2D eigenvalue weighted by atomic mass is 14.6. The molecule has 0 heterocycles. The first-order chi connectivity index (χ1) is 3.88. The van der Waals surface area contributed by atoms with Crippen LogP contribution in [0.3, 0.4) is 0 Å². The summed E-state index contributed by atoms with van der Waals surface area (Å²) in [6.07, 6.45) is 4.15. The van der Waals surface area contributed by atoms with Gasteiger partial charge in [0, 0.05) is 0 Å². The summed E-state index contributed by atoms with van der Waals surface area (Å²) in [5, 5.41) is 0. The highest BCUT2D eigenvalue weighted by Gasteiger charge is 2.27. The molecule has 0 bridgehead atoms. The molecule has 48 valence electrons. The molecule has 1 aliphatic carbocycles. The SMILES string of the molecule is CCC1CC[C@@H]1CN. The lowest BCUT2D eigenvalue weighted by Gasteiger charge is -2.34. The molecule has 0 aromatic heterocycles. The Hall–Kier alpha value is -0.0400. The lowest BCUT2D eigenvalue weighted by atomic mass is 9.72. The van der Waals surface area contributed by atoms with Crippen molar-refractivity contribution >= 4 is 0 Å². The number of nitrogens with two attached hydrogens (primary N) is 1. The number of rotatable bonds is 2. The van der Waals surface area contributed by atoms with Crippen LogP contribution in [0.5, 0.6) is 0 Å². The highest BCUT2D eigenvalue weighted by Crippen LogP contribution is 2.35. The van der Waals surface area contributed by atoms with Crippen LogP contribution in [0.2, 0.25) is 0 Å². The van der Waals surface area contributed by atoms with Crippen molar-refractivity contribution in [3.8, 4) is 0 Å². The molecule has 1 rings (SSSR count). The summed E-state index contributed by atoms with van der Waals surface area (Å²) in [6, 6.07) is 0. The fourth-order valence-electron chi connectivity index (χ4n) is 1.49. The lowest BCUT2D eigenvalue weighted by molar-refractivity contribution is 0.178. The summed E-state index contributed by atoms with van der Waals surface area (Å²) >= 11 is 0. The smallest absolute Gasteiger partial charge is 0.00462 e. The van der Waals surface area contributed by atoms with Crippen LogP contribution in [-0.2, 0) is 0 Å². The molecular formula is C7H15N. The van der Waals surface area contributed by atoms with Gasteiger partial charge in [0.1, 0.15) is 0 Å². The summed E-state index contributed by atoms with van der Waals surface area (Å²) < 4.78 is 0. The molecule has 0 saturated heterocycles. The Bertz CT molecular complexity index is 56.8. The average molecular weight is 113 g/mol. The van der Waals surface area contributed by atoms with E-state index in [1.54, 1.807) is 0 Å². The zero-order valence-corrected chi connectivity index (χ0v) is 5.56. The van der Waals surface area contributed by atoms with E-state index in [0.717, 1.165) is 18.4 Å². The van der Waals surface area contributed by atoms with Crippen molar-refractivity contribution in [2.45, 2.75) is 26.2 Å². The molecule has 1 nitrogen and oxygen atoms in total. The van der Waals surface area contributed by atoms with Gasteiger partial charge in [0.2, 0.25) is 0 Å². The van der Waals surface area contributed by atoms with Gasteiger partial charge in [-0.1, -0.05) is 13.3 Å². The van der Waals surface area contributed by atoms with E-state index in [1.165, 1.54) is 19.3 Å². The van der Waals surface area contributed by atoms with Crippen LogP contribution >= 0.6 is 0 Å². The Balaban J connectivity index is 2.16. The van der Waals surface area contributed by atoms with E-state index >= 15 is 0 Å². The van der Waals surface area contributed by atoms with Crippen molar-refractivity contribution in [2.75, 3.05) is 6.54 Å². The Kier molecular flexibility index (Phi) is 1.90.